The number of halogens is 1. The predicted molar refractivity (Wildman–Crippen MR) is 155 cm³/mol. The summed E-state index contributed by atoms with van der Waals surface area (Å²) in [6, 6.07) is 47.1. The summed E-state index contributed by atoms with van der Waals surface area (Å²) in [4.78, 5) is 2.27. The van der Waals surface area contributed by atoms with E-state index in [4.69, 9.17) is 11.6 Å². The van der Waals surface area contributed by atoms with Crippen LogP contribution in [0.3, 0.4) is 0 Å². The number of para-hydroxylation sites is 2. The van der Waals surface area contributed by atoms with Gasteiger partial charge in [-0.15, -0.1) is 0 Å². The molecule has 7 aromatic carbocycles. The maximum atomic E-state index is 6.90. The molecule has 0 aliphatic heterocycles. The van der Waals surface area contributed by atoms with E-state index in [0.717, 1.165) is 33.2 Å². The Labute approximate surface area is 215 Å². The van der Waals surface area contributed by atoms with Gasteiger partial charge in [0.15, 0.2) is 0 Å². The molecule has 0 fully saturated rings. The lowest BCUT2D eigenvalue weighted by molar-refractivity contribution is 1.28. The lowest BCUT2D eigenvalue weighted by atomic mass is 9.90. The zero-order chi connectivity index (χ0) is 24.1. The first-order valence-electron chi connectivity index (χ1n) is 12.1. The first-order chi connectivity index (χ1) is 17.8. The van der Waals surface area contributed by atoms with Gasteiger partial charge < -0.3 is 4.90 Å². The van der Waals surface area contributed by atoms with E-state index in [-0.39, 0.29) is 0 Å². The minimum atomic E-state index is 0.745. The molecule has 1 nitrogen and oxygen atoms in total. The summed E-state index contributed by atoms with van der Waals surface area (Å²) in [6.07, 6.45) is 0. The van der Waals surface area contributed by atoms with Gasteiger partial charge in [-0.3, -0.25) is 0 Å². The highest BCUT2D eigenvalue weighted by atomic mass is 35.5. The van der Waals surface area contributed by atoms with Crippen LogP contribution in [-0.2, 0) is 0 Å². The Morgan fingerprint density at radius 3 is 1.67 bits per heavy atom. The molecule has 0 aliphatic carbocycles. The molecule has 0 heterocycles. The van der Waals surface area contributed by atoms with Gasteiger partial charge in [0.05, 0.1) is 0 Å². The minimum Gasteiger partial charge on any atom is -0.310 e. The number of rotatable bonds is 4. The second-order valence-corrected chi connectivity index (χ2v) is 9.55. The van der Waals surface area contributed by atoms with E-state index in [9.17, 15) is 0 Å². The molecule has 0 aliphatic rings. The van der Waals surface area contributed by atoms with Crippen LogP contribution >= 0.6 is 11.6 Å². The summed E-state index contributed by atoms with van der Waals surface area (Å²) in [7, 11) is 0. The Bertz CT molecular complexity index is 1790. The molecular weight excluding hydrogens is 458 g/mol. The topological polar surface area (TPSA) is 3.24 Å². The van der Waals surface area contributed by atoms with Crippen LogP contribution in [0.2, 0.25) is 5.02 Å². The maximum Gasteiger partial charge on any atom is 0.0486 e. The van der Waals surface area contributed by atoms with Crippen molar-refractivity contribution < 1.29 is 0 Å². The fourth-order valence-electron chi connectivity index (χ4n) is 5.43. The summed E-state index contributed by atoms with van der Waals surface area (Å²) in [5.74, 6) is 0. The van der Waals surface area contributed by atoms with Crippen LogP contribution in [0.5, 0.6) is 0 Å². The SMILES string of the molecule is Clc1ccc(N(c2ccccc2)c2ccccc2)cc1-c1ccc2ccc3cccc4ccc1c2c34. The van der Waals surface area contributed by atoms with Crippen molar-refractivity contribution >= 4 is 61.0 Å². The van der Waals surface area contributed by atoms with Crippen molar-refractivity contribution in [2.24, 2.45) is 0 Å². The molecular formula is C34H22ClN. The molecule has 0 saturated heterocycles. The molecule has 0 N–H and O–H groups in total. The van der Waals surface area contributed by atoms with Crippen molar-refractivity contribution in [3.8, 4) is 11.1 Å². The van der Waals surface area contributed by atoms with Crippen molar-refractivity contribution in [2.75, 3.05) is 4.90 Å². The summed E-state index contributed by atoms with van der Waals surface area (Å²) in [5.41, 5.74) is 5.45. The smallest absolute Gasteiger partial charge is 0.0486 e. The third-order valence-electron chi connectivity index (χ3n) is 7.06. The Morgan fingerprint density at radius 2 is 1.00 bits per heavy atom. The zero-order valence-electron chi connectivity index (χ0n) is 19.5. The van der Waals surface area contributed by atoms with E-state index in [2.05, 4.69) is 120 Å². The molecule has 0 saturated carbocycles. The van der Waals surface area contributed by atoms with Gasteiger partial charge in [0.1, 0.15) is 0 Å². The van der Waals surface area contributed by atoms with Crippen molar-refractivity contribution in [1.29, 1.82) is 0 Å². The second-order valence-electron chi connectivity index (χ2n) is 9.14. The lowest BCUT2D eigenvalue weighted by Crippen LogP contribution is -2.09. The lowest BCUT2D eigenvalue weighted by Gasteiger charge is -2.26. The molecule has 0 unspecified atom stereocenters. The normalized spacial score (nSPS) is 11.5. The van der Waals surface area contributed by atoms with Crippen LogP contribution in [0.15, 0.2) is 133 Å². The van der Waals surface area contributed by atoms with Crippen molar-refractivity contribution in [2.45, 2.75) is 0 Å². The minimum absolute atomic E-state index is 0.745. The Balaban J connectivity index is 1.48. The van der Waals surface area contributed by atoms with E-state index in [1.807, 2.05) is 18.2 Å². The fourth-order valence-corrected chi connectivity index (χ4v) is 5.65. The Hall–Kier alpha value is -4.33. The highest BCUT2D eigenvalue weighted by molar-refractivity contribution is 6.34. The van der Waals surface area contributed by atoms with Crippen molar-refractivity contribution in [3.63, 3.8) is 0 Å². The van der Waals surface area contributed by atoms with E-state index < -0.39 is 0 Å². The molecule has 0 atom stereocenters. The molecule has 170 valence electrons. The summed E-state index contributed by atoms with van der Waals surface area (Å²) < 4.78 is 0. The number of benzene rings is 7. The average molecular weight is 480 g/mol. The predicted octanol–water partition coefficient (Wildman–Crippen LogP) is 10.4. The van der Waals surface area contributed by atoms with E-state index >= 15 is 0 Å². The summed E-state index contributed by atoms with van der Waals surface area (Å²) in [6.45, 7) is 0. The van der Waals surface area contributed by atoms with E-state index in [0.29, 0.717) is 0 Å². The summed E-state index contributed by atoms with van der Waals surface area (Å²) in [5, 5.41) is 8.37. The molecule has 0 bridgehead atoms. The quantitative estimate of drug-likeness (QED) is 0.227. The highest BCUT2D eigenvalue weighted by Crippen LogP contribution is 2.43. The second kappa shape index (κ2) is 8.41. The average Bonchev–Trinajstić information content (AvgIpc) is 2.94. The maximum absolute atomic E-state index is 6.90. The third kappa shape index (κ3) is 3.32. The fraction of sp³-hybridized carbons (Fsp3) is 0. The molecule has 0 spiro atoms. The number of nitrogens with zero attached hydrogens (tertiary/aromatic N) is 1. The molecule has 7 aromatic rings. The third-order valence-corrected chi connectivity index (χ3v) is 7.39. The van der Waals surface area contributed by atoms with Gasteiger partial charge >= 0.3 is 0 Å². The first kappa shape index (κ1) is 21.0. The van der Waals surface area contributed by atoms with Crippen LogP contribution < -0.4 is 4.90 Å². The van der Waals surface area contributed by atoms with Gasteiger partial charge in [-0.2, -0.15) is 0 Å². The van der Waals surface area contributed by atoms with Gasteiger partial charge in [0, 0.05) is 27.6 Å². The number of hydrogen-bond donors (Lipinski definition) is 0. The summed E-state index contributed by atoms with van der Waals surface area (Å²) >= 11 is 6.90. The largest absolute Gasteiger partial charge is 0.310 e. The monoisotopic (exact) mass is 479 g/mol. The van der Waals surface area contributed by atoms with Crippen LogP contribution in [0, 0.1) is 0 Å². The van der Waals surface area contributed by atoms with E-state index in [1.165, 1.54) is 32.3 Å². The van der Waals surface area contributed by atoms with Crippen molar-refractivity contribution in [3.05, 3.63) is 138 Å². The Morgan fingerprint density at radius 1 is 0.417 bits per heavy atom. The highest BCUT2D eigenvalue weighted by Gasteiger charge is 2.17. The van der Waals surface area contributed by atoms with Crippen LogP contribution in [0.25, 0.3) is 43.4 Å². The zero-order valence-corrected chi connectivity index (χ0v) is 20.3. The number of hydrogen-bond acceptors (Lipinski definition) is 1. The van der Waals surface area contributed by atoms with Crippen LogP contribution in [0.1, 0.15) is 0 Å². The van der Waals surface area contributed by atoms with Gasteiger partial charge in [-0.1, -0.05) is 103 Å². The number of anilines is 3. The van der Waals surface area contributed by atoms with Crippen LogP contribution in [0.4, 0.5) is 17.1 Å². The molecule has 2 heteroatoms. The molecule has 7 rings (SSSR count). The van der Waals surface area contributed by atoms with E-state index in [1.54, 1.807) is 0 Å². The Kier molecular flexibility index (Phi) is 4.90. The van der Waals surface area contributed by atoms with Crippen LogP contribution in [-0.4, -0.2) is 0 Å². The molecule has 0 aromatic heterocycles. The van der Waals surface area contributed by atoms with Gasteiger partial charge in [-0.05, 0) is 80.3 Å². The standard InChI is InChI=1S/C34H22ClN/c35-32-21-18-28(36(26-10-3-1-4-11-26)27-12-5-2-6-13-27)22-31(32)29-19-16-25-15-14-23-8-7-9-24-17-20-30(29)34(25)33(23)24/h1-22H. The molecule has 36 heavy (non-hydrogen) atoms. The van der Waals surface area contributed by atoms with Crippen molar-refractivity contribution in [1.82, 2.24) is 0 Å². The van der Waals surface area contributed by atoms with Gasteiger partial charge in [0.2, 0.25) is 0 Å². The van der Waals surface area contributed by atoms with Gasteiger partial charge in [-0.25, -0.2) is 0 Å². The molecule has 0 radical (unpaired) electrons. The first-order valence-corrected chi connectivity index (χ1v) is 12.5. The van der Waals surface area contributed by atoms with Gasteiger partial charge in [0.25, 0.3) is 0 Å². The molecule has 0 amide bonds.